The Bertz CT molecular complexity index is 993. The molecule has 0 saturated carbocycles. The summed E-state index contributed by atoms with van der Waals surface area (Å²) in [6.45, 7) is 0.700. The minimum atomic E-state index is -0.199. The number of rotatable bonds is 3. The van der Waals surface area contributed by atoms with Gasteiger partial charge in [0.1, 0.15) is 5.82 Å². The van der Waals surface area contributed by atoms with Crippen molar-refractivity contribution in [2.45, 2.75) is 6.54 Å². The molecule has 0 amide bonds. The molecule has 0 aliphatic heterocycles. The van der Waals surface area contributed by atoms with Crippen LogP contribution in [0, 0.1) is 5.82 Å². The van der Waals surface area contributed by atoms with Crippen LogP contribution in [-0.4, -0.2) is 0 Å². The Balaban J connectivity index is 1.96. The molecule has 1 heterocycles. The van der Waals surface area contributed by atoms with Crippen LogP contribution in [0.25, 0.3) is 22.2 Å². The maximum atomic E-state index is 14.4. The third-order valence-electron chi connectivity index (χ3n) is 4.27. The summed E-state index contributed by atoms with van der Waals surface area (Å²) < 4.78 is 16.6. The number of hydrogen-bond donors (Lipinski definition) is 0. The van der Waals surface area contributed by atoms with E-state index < -0.39 is 0 Å². The van der Waals surface area contributed by atoms with Gasteiger partial charge in [0.2, 0.25) is 11.2 Å². The first kappa shape index (κ1) is 14.6. The predicted octanol–water partition coefficient (Wildman–Crippen LogP) is 4.98. The number of benzene rings is 3. The quantitative estimate of drug-likeness (QED) is 0.469. The lowest BCUT2D eigenvalue weighted by Gasteiger charge is -2.08. The third-order valence-corrected chi connectivity index (χ3v) is 4.27. The monoisotopic (exact) mass is 314 g/mol. The van der Waals surface area contributed by atoms with Crippen LogP contribution in [0.2, 0.25) is 0 Å². The summed E-state index contributed by atoms with van der Waals surface area (Å²) in [6.07, 6.45) is 0. The van der Waals surface area contributed by atoms with E-state index in [0.717, 1.165) is 16.6 Å². The van der Waals surface area contributed by atoms with Gasteiger partial charge in [-0.3, -0.25) is 0 Å². The smallest absolute Gasteiger partial charge is 0.206 e. The number of fused-ring (bicyclic) bond motifs is 1. The largest absolute Gasteiger partial charge is 0.216 e. The van der Waals surface area contributed by atoms with Crippen LogP contribution in [0.15, 0.2) is 91.0 Å². The lowest BCUT2D eigenvalue weighted by molar-refractivity contribution is -0.651. The van der Waals surface area contributed by atoms with Crippen LogP contribution in [0.5, 0.6) is 0 Å². The number of halogens is 1. The second-order valence-electron chi connectivity index (χ2n) is 5.83. The fourth-order valence-corrected chi connectivity index (χ4v) is 3.10. The molecule has 0 N–H and O–H groups in total. The van der Waals surface area contributed by atoms with Crippen molar-refractivity contribution in [3.8, 4) is 11.3 Å². The zero-order chi connectivity index (χ0) is 16.4. The Labute approximate surface area is 140 Å². The van der Waals surface area contributed by atoms with Crippen molar-refractivity contribution in [1.29, 1.82) is 0 Å². The van der Waals surface area contributed by atoms with Crippen LogP contribution >= 0.6 is 0 Å². The van der Waals surface area contributed by atoms with Gasteiger partial charge in [-0.2, -0.15) is 4.57 Å². The molecule has 116 valence electrons. The molecule has 0 bridgehead atoms. The zero-order valence-corrected chi connectivity index (χ0v) is 13.2. The standard InChI is InChI=1S/C22H17FN/c23-20-12-6-5-11-19(20)22-15-14-18-10-4-7-13-21(18)24(22)16-17-8-2-1-3-9-17/h1-15H,16H2/q+1. The summed E-state index contributed by atoms with van der Waals surface area (Å²) in [4.78, 5) is 0. The average molecular weight is 314 g/mol. The molecular formula is C22H17FN+. The number of aromatic nitrogens is 1. The summed E-state index contributed by atoms with van der Waals surface area (Å²) in [7, 11) is 0. The Morgan fingerprint density at radius 1 is 0.667 bits per heavy atom. The van der Waals surface area contributed by atoms with Gasteiger partial charge in [0.25, 0.3) is 0 Å². The fraction of sp³-hybridized carbons (Fsp3) is 0.0455. The van der Waals surface area contributed by atoms with Crippen LogP contribution in [-0.2, 0) is 6.54 Å². The molecule has 24 heavy (non-hydrogen) atoms. The minimum Gasteiger partial charge on any atom is -0.206 e. The van der Waals surface area contributed by atoms with Gasteiger partial charge >= 0.3 is 0 Å². The lowest BCUT2D eigenvalue weighted by atomic mass is 10.1. The van der Waals surface area contributed by atoms with E-state index in [0.29, 0.717) is 12.1 Å². The van der Waals surface area contributed by atoms with Crippen molar-refractivity contribution in [2.24, 2.45) is 0 Å². The Kier molecular flexibility index (Phi) is 3.80. The molecule has 0 fully saturated rings. The van der Waals surface area contributed by atoms with Gasteiger partial charge < -0.3 is 0 Å². The van der Waals surface area contributed by atoms with E-state index in [1.807, 2.05) is 48.5 Å². The summed E-state index contributed by atoms with van der Waals surface area (Å²) in [6, 6.07) is 29.5. The normalized spacial score (nSPS) is 10.9. The average Bonchev–Trinajstić information content (AvgIpc) is 2.64. The maximum Gasteiger partial charge on any atom is 0.216 e. The summed E-state index contributed by atoms with van der Waals surface area (Å²) in [5.41, 5.74) is 3.80. The molecule has 0 aliphatic rings. The number of nitrogens with zero attached hydrogens (tertiary/aromatic N) is 1. The molecule has 0 spiro atoms. The first-order chi connectivity index (χ1) is 11.8. The molecule has 3 aromatic carbocycles. The molecule has 4 rings (SSSR count). The van der Waals surface area contributed by atoms with Crippen molar-refractivity contribution in [2.75, 3.05) is 0 Å². The van der Waals surface area contributed by atoms with Gasteiger partial charge in [0.15, 0.2) is 6.54 Å². The fourth-order valence-electron chi connectivity index (χ4n) is 3.10. The molecule has 0 saturated heterocycles. The van der Waals surface area contributed by atoms with Gasteiger partial charge in [-0.05, 0) is 24.3 Å². The highest BCUT2D eigenvalue weighted by molar-refractivity contribution is 5.77. The van der Waals surface area contributed by atoms with Gasteiger partial charge in [0, 0.05) is 23.1 Å². The highest BCUT2D eigenvalue weighted by Gasteiger charge is 2.20. The number of para-hydroxylation sites is 1. The molecule has 0 radical (unpaired) electrons. The van der Waals surface area contributed by atoms with Gasteiger partial charge in [-0.1, -0.05) is 54.6 Å². The van der Waals surface area contributed by atoms with Crippen molar-refractivity contribution in [3.63, 3.8) is 0 Å². The molecule has 1 nitrogen and oxygen atoms in total. The first-order valence-corrected chi connectivity index (χ1v) is 8.03. The molecule has 0 atom stereocenters. The second kappa shape index (κ2) is 6.25. The molecule has 0 unspecified atom stereocenters. The number of hydrogen-bond acceptors (Lipinski definition) is 0. The highest BCUT2D eigenvalue weighted by Crippen LogP contribution is 2.22. The van der Waals surface area contributed by atoms with Crippen molar-refractivity contribution in [3.05, 3.63) is 102 Å². The highest BCUT2D eigenvalue weighted by atomic mass is 19.1. The number of pyridine rings is 1. The van der Waals surface area contributed by atoms with E-state index in [1.165, 1.54) is 11.6 Å². The maximum absolute atomic E-state index is 14.4. The minimum absolute atomic E-state index is 0.199. The van der Waals surface area contributed by atoms with Gasteiger partial charge in [-0.25, -0.2) is 4.39 Å². The molecule has 1 aromatic heterocycles. The van der Waals surface area contributed by atoms with Crippen LogP contribution in [0.3, 0.4) is 0 Å². The van der Waals surface area contributed by atoms with Crippen LogP contribution in [0.1, 0.15) is 5.56 Å². The van der Waals surface area contributed by atoms with E-state index in [4.69, 9.17) is 0 Å². The Morgan fingerprint density at radius 3 is 2.21 bits per heavy atom. The molecular weight excluding hydrogens is 297 g/mol. The second-order valence-corrected chi connectivity index (χ2v) is 5.83. The van der Waals surface area contributed by atoms with Crippen molar-refractivity contribution >= 4 is 10.9 Å². The van der Waals surface area contributed by atoms with E-state index in [1.54, 1.807) is 6.07 Å². The molecule has 4 aromatic rings. The van der Waals surface area contributed by atoms with E-state index in [2.05, 4.69) is 34.9 Å². The molecule has 2 heteroatoms. The first-order valence-electron chi connectivity index (χ1n) is 8.03. The zero-order valence-electron chi connectivity index (χ0n) is 13.2. The van der Waals surface area contributed by atoms with Gasteiger partial charge in [-0.15, -0.1) is 0 Å². The van der Waals surface area contributed by atoms with E-state index in [-0.39, 0.29) is 5.82 Å². The van der Waals surface area contributed by atoms with Gasteiger partial charge in [0.05, 0.1) is 5.56 Å². The lowest BCUT2D eigenvalue weighted by Crippen LogP contribution is -2.38. The molecule has 0 aliphatic carbocycles. The topological polar surface area (TPSA) is 3.88 Å². The van der Waals surface area contributed by atoms with Crippen LogP contribution < -0.4 is 4.57 Å². The summed E-state index contributed by atoms with van der Waals surface area (Å²) in [5.74, 6) is -0.199. The van der Waals surface area contributed by atoms with Crippen molar-refractivity contribution in [1.82, 2.24) is 0 Å². The summed E-state index contributed by atoms with van der Waals surface area (Å²) in [5, 5.41) is 1.15. The van der Waals surface area contributed by atoms with E-state index >= 15 is 0 Å². The Hall–Kier alpha value is -3.00. The SMILES string of the molecule is Fc1ccccc1-c1ccc2ccccc2[n+]1Cc1ccccc1. The third kappa shape index (κ3) is 2.67. The van der Waals surface area contributed by atoms with E-state index in [9.17, 15) is 4.39 Å². The summed E-state index contributed by atoms with van der Waals surface area (Å²) >= 11 is 0. The Morgan fingerprint density at radius 2 is 1.38 bits per heavy atom. The van der Waals surface area contributed by atoms with Crippen molar-refractivity contribution < 1.29 is 8.96 Å². The van der Waals surface area contributed by atoms with Crippen LogP contribution in [0.4, 0.5) is 4.39 Å². The predicted molar refractivity (Wildman–Crippen MR) is 95.1 cm³/mol.